The number of para-hydroxylation sites is 1. The summed E-state index contributed by atoms with van der Waals surface area (Å²) in [5, 5.41) is 6.23. The van der Waals surface area contributed by atoms with Crippen molar-refractivity contribution in [3.8, 4) is 0 Å². The molecule has 1 aliphatic rings. The second-order valence-electron chi connectivity index (χ2n) is 5.91. The molecule has 0 radical (unpaired) electrons. The van der Waals surface area contributed by atoms with Gasteiger partial charge in [-0.2, -0.15) is 0 Å². The van der Waals surface area contributed by atoms with Crippen LogP contribution in [0.3, 0.4) is 0 Å². The zero-order chi connectivity index (χ0) is 16.8. The van der Waals surface area contributed by atoms with E-state index in [1.54, 1.807) is 12.3 Å². The van der Waals surface area contributed by atoms with E-state index in [9.17, 15) is 4.79 Å². The summed E-state index contributed by atoms with van der Waals surface area (Å²) in [7, 11) is 0. The maximum Gasteiger partial charge on any atom is 0.274 e. The first-order valence-corrected chi connectivity index (χ1v) is 8.47. The molecule has 1 unspecified atom stereocenters. The number of aryl methyl sites for hydroxylation is 1. The van der Waals surface area contributed by atoms with Crippen molar-refractivity contribution in [2.75, 3.05) is 23.8 Å². The molecule has 24 heavy (non-hydrogen) atoms. The Hall–Kier alpha value is -2.40. The molecule has 1 aliphatic heterocycles. The molecule has 1 aromatic heterocycles. The van der Waals surface area contributed by atoms with Crippen molar-refractivity contribution in [2.24, 2.45) is 0 Å². The molecule has 1 amide bonds. The number of nitrogens with one attached hydrogen (secondary N) is 2. The lowest BCUT2D eigenvalue weighted by molar-refractivity contribution is 0.102. The minimum absolute atomic E-state index is 0.193. The summed E-state index contributed by atoms with van der Waals surface area (Å²) >= 11 is 0. The minimum Gasteiger partial charge on any atom is -0.381 e. The molecule has 1 saturated heterocycles. The van der Waals surface area contributed by atoms with Crippen LogP contribution in [0.25, 0.3) is 0 Å². The molecule has 2 heterocycles. The first kappa shape index (κ1) is 16.5. The molecule has 126 valence electrons. The highest BCUT2D eigenvalue weighted by atomic mass is 16.5. The van der Waals surface area contributed by atoms with Crippen molar-refractivity contribution in [1.82, 2.24) is 4.98 Å². The summed E-state index contributed by atoms with van der Waals surface area (Å²) in [5.41, 5.74) is 3.26. The number of hydrogen-bond acceptors (Lipinski definition) is 4. The normalized spacial score (nSPS) is 16.8. The van der Waals surface area contributed by atoms with Gasteiger partial charge in [0.25, 0.3) is 5.91 Å². The van der Waals surface area contributed by atoms with E-state index >= 15 is 0 Å². The molecule has 0 saturated carbocycles. The Balaban J connectivity index is 1.59. The Kier molecular flexibility index (Phi) is 5.43. The number of benzene rings is 1. The third kappa shape index (κ3) is 4.11. The number of carbonyl (C=O) groups is 1. The average Bonchev–Trinajstić information content (AvgIpc) is 3.14. The van der Waals surface area contributed by atoms with Crippen molar-refractivity contribution in [3.05, 3.63) is 53.9 Å². The van der Waals surface area contributed by atoms with Crippen LogP contribution in [0.1, 0.15) is 35.8 Å². The Labute approximate surface area is 142 Å². The quantitative estimate of drug-likeness (QED) is 0.853. The third-order valence-electron chi connectivity index (χ3n) is 4.20. The topological polar surface area (TPSA) is 63.2 Å². The van der Waals surface area contributed by atoms with E-state index in [0.717, 1.165) is 49.4 Å². The van der Waals surface area contributed by atoms with Crippen molar-refractivity contribution in [2.45, 2.75) is 32.3 Å². The summed E-state index contributed by atoms with van der Waals surface area (Å²) in [4.78, 5) is 16.6. The summed E-state index contributed by atoms with van der Waals surface area (Å²) in [6.07, 6.45) is 5.06. The van der Waals surface area contributed by atoms with Crippen LogP contribution in [-0.2, 0) is 11.2 Å². The summed E-state index contributed by atoms with van der Waals surface area (Å²) in [5.74, 6) is -0.193. The van der Waals surface area contributed by atoms with Gasteiger partial charge in [-0.25, -0.2) is 4.98 Å². The fourth-order valence-corrected chi connectivity index (χ4v) is 2.81. The molecule has 0 spiro atoms. The van der Waals surface area contributed by atoms with Gasteiger partial charge >= 0.3 is 0 Å². The summed E-state index contributed by atoms with van der Waals surface area (Å²) < 4.78 is 5.58. The van der Waals surface area contributed by atoms with Crippen LogP contribution in [0.4, 0.5) is 11.4 Å². The molecule has 0 bridgehead atoms. The number of anilines is 2. The van der Waals surface area contributed by atoms with Crippen LogP contribution in [0.2, 0.25) is 0 Å². The van der Waals surface area contributed by atoms with Crippen LogP contribution >= 0.6 is 0 Å². The molecule has 5 nitrogen and oxygen atoms in total. The zero-order valence-corrected chi connectivity index (χ0v) is 13.9. The molecule has 0 aliphatic carbocycles. The third-order valence-corrected chi connectivity index (χ3v) is 4.20. The fraction of sp³-hybridized carbons (Fsp3) is 0.368. The number of carbonyl (C=O) groups excluding carboxylic acids is 1. The van der Waals surface area contributed by atoms with Gasteiger partial charge in [-0.05, 0) is 43.0 Å². The molecule has 3 rings (SSSR count). The molecule has 2 aromatic rings. The lowest BCUT2D eigenvalue weighted by atomic mass is 10.1. The van der Waals surface area contributed by atoms with Crippen LogP contribution in [-0.4, -0.2) is 30.1 Å². The zero-order valence-electron chi connectivity index (χ0n) is 13.9. The monoisotopic (exact) mass is 325 g/mol. The number of rotatable bonds is 6. The molecule has 1 atom stereocenters. The highest BCUT2D eigenvalue weighted by molar-refractivity contribution is 6.03. The number of pyridine rings is 1. The Morgan fingerprint density at radius 1 is 1.29 bits per heavy atom. The lowest BCUT2D eigenvalue weighted by Gasteiger charge is -2.12. The average molecular weight is 325 g/mol. The van der Waals surface area contributed by atoms with E-state index in [1.807, 2.05) is 30.3 Å². The summed E-state index contributed by atoms with van der Waals surface area (Å²) in [6.45, 7) is 3.69. The number of hydrogen-bond donors (Lipinski definition) is 2. The Morgan fingerprint density at radius 2 is 2.17 bits per heavy atom. The van der Waals surface area contributed by atoms with Gasteiger partial charge in [0, 0.05) is 18.8 Å². The van der Waals surface area contributed by atoms with Crippen molar-refractivity contribution in [1.29, 1.82) is 0 Å². The van der Waals surface area contributed by atoms with Crippen molar-refractivity contribution in [3.63, 3.8) is 0 Å². The second kappa shape index (κ2) is 7.93. The standard InChI is InChI=1S/C19H23N3O2/c1-2-14-6-3-4-8-17(14)22-19(23)18-10-9-15(12-21-18)20-13-16-7-5-11-24-16/h3-4,6,8-10,12,16,20H,2,5,7,11,13H2,1H3,(H,22,23). The predicted molar refractivity (Wildman–Crippen MR) is 95.5 cm³/mol. The first-order valence-electron chi connectivity index (χ1n) is 8.47. The Morgan fingerprint density at radius 3 is 2.88 bits per heavy atom. The molecular formula is C19H23N3O2. The van der Waals surface area contributed by atoms with E-state index in [4.69, 9.17) is 4.74 Å². The second-order valence-corrected chi connectivity index (χ2v) is 5.91. The number of nitrogens with zero attached hydrogens (tertiary/aromatic N) is 1. The van der Waals surface area contributed by atoms with Crippen LogP contribution < -0.4 is 10.6 Å². The highest BCUT2D eigenvalue weighted by Gasteiger charge is 2.15. The van der Waals surface area contributed by atoms with Gasteiger partial charge in [-0.3, -0.25) is 4.79 Å². The van der Waals surface area contributed by atoms with E-state index in [-0.39, 0.29) is 12.0 Å². The van der Waals surface area contributed by atoms with Gasteiger partial charge in [-0.15, -0.1) is 0 Å². The van der Waals surface area contributed by atoms with Gasteiger partial charge in [0.05, 0.1) is 18.0 Å². The molecule has 1 aromatic carbocycles. The van der Waals surface area contributed by atoms with Gasteiger partial charge in [0.15, 0.2) is 0 Å². The largest absolute Gasteiger partial charge is 0.381 e. The van der Waals surface area contributed by atoms with Gasteiger partial charge < -0.3 is 15.4 Å². The molecule has 2 N–H and O–H groups in total. The Bertz CT molecular complexity index is 679. The summed E-state index contributed by atoms with van der Waals surface area (Å²) in [6, 6.07) is 11.4. The molecule has 1 fully saturated rings. The van der Waals surface area contributed by atoms with E-state index in [2.05, 4.69) is 22.5 Å². The van der Waals surface area contributed by atoms with Crippen molar-refractivity contribution >= 4 is 17.3 Å². The van der Waals surface area contributed by atoms with E-state index < -0.39 is 0 Å². The first-order chi connectivity index (χ1) is 11.8. The SMILES string of the molecule is CCc1ccccc1NC(=O)c1ccc(NCC2CCCO2)cn1. The fourth-order valence-electron chi connectivity index (χ4n) is 2.81. The smallest absolute Gasteiger partial charge is 0.274 e. The maximum atomic E-state index is 12.3. The van der Waals surface area contributed by atoms with Crippen LogP contribution in [0.15, 0.2) is 42.6 Å². The van der Waals surface area contributed by atoms with Crippen LogP contribution in [0, 0.1) is 0 Å². The minimum atomic E-state index is -0.193. The number of amides is 1. The van der Waals surface area contributed by atoms with Gasteiger partial charge in [-0.1, -0.05) is 25.1 Å². The van der Waals surface area contributed by atoms with Gasteiger partial charge in [0.2, 0.25) is 0 Å². The predicted octanol–water partition coefficient (Wildman–Crippen LogP) is 3.49. The number of aromatic nitrogens is 1. The molecule has 5 heteroatoms. The highest BCUT2D eigenvalue weighted by Crippen LogP contribution is 2.17. The number of ether oxygens (including phenoxy) is 1. The van der Waals surface area contributed by atoms with Crippen LogP contribution in [0.5, 0.6) is 0 Å². The van der Waals surface area contributed by atoms with E-state index in [1.165, 1.54) is 0 Å². The maximum absolute atomic E-state index is 12.3. The lowest BCUT2D eigenvalue weighted by Crippen LogP contribution is -2.19. The van der Waals surface area contributed by atoms with Crippen molar-refractivity contribution < 1.29 is 9.53 Å². The molecular weight excluding hydrogens is 302 g/mol. The van der Waals surface area contributed by atoms with E-state index in [0.29, 0.717) is 5.69 Å². The van der Waals surface area contributed by atoms with Gasteiger partial charge in [0.1, 0.15) is 5.69 Å².